The van der Waals surface area contributed by atoms with Gasteiger partial charge in [-0.1, -0.05) is 25.4 Å². The quantitative estimate of drug-likeness (QED) is 0.584. The van der Waals surface area contributed by atoms with Crippen LogP contribution in [0.15, 0.2) is 18.2 Å². The van der Waals surface area contributed by atoms with Crippen LogP contribution >= 0.6 is 11.6 Å². The van der Waals surface area contributed by atoms with Crippen molar-refractivity contribution in [1.82, 2.24) is 9.80 Å². The minimum Gasteiger partial charge on any atom is -0.493 e. The molecule has 31 heavy (non-hydrogen) atoms. The van der Waals surface area contributed by atoms with Crippen LogP contribution in [0.25, 0.3) is 0 Å². The molecule has 0 radical (unpaired) electrons. The summed E-state index contributed by atoms with van der Waals surface area (Å²) in [6, 6.07) is 5.66. The topological polar surface area (TPSA) is 49.9 Å². The summed E-state index contributed by atoms with van der Waals surface area (Å²) < 4.78 is 6.21. The van der Waals surface area contributed by atoms with Crippen molar-refractivity contribution in [3.8, 4) is 5.75 Å². The molecule has 0 aromatic heterocycles. The van der Waals surface area contributed by atoms with E-state index in [-0.39, 0.29) is 17.2 Å². The lowest BCUT2D eigenvalue weighted by molar-refractivity contribution is -0.142. The zero-order chi connectivity index (χ0) is 22.4. The van der Waals surface area contributed by atoms with E-state index in [1.807, 2.05) is 34.9 Å². The van der Waals surface area contributed by atoms with E-state index < -0.39 is 0 Å². The van der Waals surface area contributed by atoms with E-state index in [0.29, 0.717) is 36.9 Å². The molecule has 1 aromatic carbocycles. The average Bonchev–Trinajstić information content (AvgIpc) is 2.75. The van der Waals surface area contributed by atoms with Crippen LogP contribution in [0.2, 0.25) is 5.02 Å². The van der Waals surface area contributed by atoms with Gasteiger partial charge >= 0.3 is 0 Å². The number of piperidine rings is 2. The Balaban J connectivity index is 1.75. The summed E-state index contributed by atoms with van der Waals surface area (Å²) in [7, 11) is 0. The number of halogens is 1. The first-order chi connectivity index (χ1) is 14.8. The third-order valence-corrected chi connectivity index (χ3v) is 6.93. The molecule has 2 aliphatic rings. The Morgan fingerprint density at radius 3 is 2.45 bits per heavy atom. The molecule has 0 spiro atoms. The molecule has 172 valence electrons. The maximum absolute atomic E-state index is 13.2. The summed E-state index contributed by atoms with van der Waals surface area (Å²) in [4.78, 5) is 30.0. The standard InChI is InChI=1S/C25H37ClN2O3/c1-19(2)14-23(29)28-13-7-10-25(17-28,16-24(30)27-11-5-4-6-12-27)18-31-21-8-9-22(26)20(3)15-21/h8-9,15,19H,4-7,10-14,16-18H2,1-3H3. The zero-order valence-electron chi connectivity index (χ0n) is 19.3. The molecule has 0 N–H and O–H groups in total. The number of nitrogens with zero attached hydrogens (tertiary/aromatic N) is 2. The van der Waals surface area contributed by atoms with Gasteiger partial charge in [-0.25, -0.2) is 0 Å². The largest absolute Gasteiger partial charge is 0.493 e. The Kier molecular flexibility index (Phi) is 8.26. The summed E-state index contributed by atoms with van der Waals surface area (Å²) in [5.41, 5.74) is 0.613. The number of ether oxygens (including phenoxy) is 1. The Morgan fingerprint density at radius 1 is 1.06 bits per heavy atom. The van der Waals surface area contributed by atoms with Gasteiger partial charge in [-0.15, -0.1) is 0 Å². The molecule has 2 fully saturated rings. The maximum Gasteiger partial charge on any atom is 0.223 e. The van der Waals surface area contributed by atoms with Crippen molar-refractivity contribution in [2.24, 2.45) is 11.3 Å². The molecule has 2 heterocycles. The Morgan fingerprint density at radius 2 is 1.77 bits per heavy atom. The third kappa shape index (κ3) is 6.61. The number of aryl methyl sites for hydroxylation is 1. The molecule has 1 atom stereocenters. The van der Waals surface area contributed by atoms with E-state index in [9.17, 15) is 9.59 Å². The molecule has 1 aromatic rings. The van der Waals surface area contributed by atoms with Crippen LogP contribution in [0, 0.1) is 18.3 Å². The molecule has 1 unspecified atom stereocenters. The SMILES string of the molecule is Cc1cc(OCC2(CC(=O)N3CCCCC3)CCCN(C(=O)CC(C)C)C2)ccc1Cl. The molecule has 0 bridgehead atoms. The van der Waals surface area contributed by atoms with Crippen LogP contribution < -0.4 is 4.74 Å². The first-order valence-corrected chi connectivity index (χ1v) is 12.1. The summed E-state index contributed by atoms with van der Waals surface area (Å²) in [6.45, 7) is 9.58. The first-order valence-electron chi connectivity index (χ1n) is 11.7. The Hall–Kier alpha value is -1.75. The van der Waals surface area contributed by atoms with Crippen molar-refractivity contribution in [3.05, 3.63) is 28.8 Å². The van der Waals surface area contributed by atoms with Crippen LogP contribution in [-0.4, -0.2) is 54.4 Å². The van der Waals surface area contributed by atoms with Gasteiger partial charge in [0.05, 0.1) is 6.61 Å². The van der Waals surface area contributed by atoms with Crippen molar-refractivity contribution < 1.29 is 14.3 Å². The van der Waals surface area contributed by atoms with Gasteiger partial charge in [0.15, 0.2) is 0 Å². The predicted molar refractivity (Wildman–Crippen MR) is 124 cm³/mol. The van der Waals surface area contributed by atoms with Gasteiger partial charge in [0, 0.05) is 49.5 Å². The molecule has 2 saturated heterocycles. The van der Waals surface area contributed by atoms with Crippen molar-refractivity contribution in [3.63, 3.8) is 0 Å². The number of likely N-dealkylation sites (tertiary alicyclic amines) is 2. The van der Waals surface area contributed by atoms with E-state index in [1.165, 1.54) is 6.42 Å². The second-order valence-electron chi connectivity index (χ2n) is 9.83. The lowest BCUT2D eigenvalue weighted by atomic mass is 9.77. The smallest absolute Gasteiger partial charge is 0.223 e. The molecule has 0 aliphatic carbocycles. The minimum absolute atomic E-state index is 0.187. The molecule has 6 heteroatoms. The number of benzene rings is 1. The second-order valence-corrected chi connectivity index (χ2v) is 10.2. The van der Waals surface area contributed by atoms with Gasteiger partial charge in [-0.2, -0.15) is 0 Å². The van der Waals surface area contributed by atoms with Crippen LogP contribution in [0.3, 0.4) is 0 Å². The highest BCUT2D eigenvalue weighted by Gasteiger charge is 2.41. The number of carbonyl (C=O) groups excluding carboxylic acids is 2. The number of amides is 2. The second kappa shape index (κ2) is 10.7. The molecular weight excluding hydrogens is 412 g/mol. The summed E-state index contributed by atoms with van der Waals surface area (Å²) in [5.74, 6) is 1.48. The van der Waals surface area contributed by atoms with Crippen molar-refractivity contribution >= 4 is 23.4 Å². The maximum atomic E-state index is 13.2. The monoisotopic (exact) mass is 448 g/mol. The lowest BCUT2D eigenvalue weighted by Gasteiger charge is -2.43. The summed E-state index contributed by atoms with van der Waals surface area (Å²) in [6.07, 6.45) is 6.14. The van der Waals surface area contributed by atoms with Crippen LogP contribution in [-0.2, 0) is 9.59 Å². The Labute approximate surface area is 192 Å². The normalized spacial score (nSPS) is 22.0. The highest BCUT2D eigenvalue weighted by Crippen LogP contribution is 2.36. The van der Waals surface area contributed by atoms with Crippen molar-refractivity contribution in [2.45, 2.75) is 65.7 Å². The van der Waals surface area contributed by atoms with Crippen molar-refractivity contribution in [1.29, 1.82) is 0 Å². The van der Waals surface area contributed by atoms with Gasteiger partial charge in [-0.3, -0.25) is 9.59 Å². The van der Waals surface area contributed by atoms with E-state index in [0.717, 1.165) is 56.6 Å². The fraction of sp³-hybridized carbons (Fsp3) is 0.680. The van der Waals surface area contributed by atoms with E-state index in [4.69, 9.17) is 16.3 Å². The molecular formula is C25H37ClN2O3. The highest BCUT2D eigenvalue weighted by molar-refractivity contribution is 6.31. The number of rotatable bonds is 7. The van der Waals surface area contributed by atoms with Crippen LogP contribution in [0.1, 0.15) is 64.4 Å². The van der Waals surface area contributed by atoms with Gasteiger partial charge in [0.1, 0.15) is 5.75 Å². The Bertz CT molecular complexity index is 776. The molecule has 2 aliphatic heterocycles. The molecule has 5 nitrogen and oxygen atoms in total. The summed E-state index contributed by atoms with van der Waals surface area (Å²) >= 11 is 6.16. The van der Waals surface area contributed by atoms with Gasteiger partial charge in [-0.05, 0) is 68.7 Å². The summed E-state index contributed by atoms with van der Waals surface area (Å²) in [5, 5.41) is 0.713. The van der Waals surface area contributed by atoms with Crippen LogP contribution in [0.5, 0.6) is 5.75 Å². The van der Waals surface area contributed by atoms with E-state index >= 15 is 0 Å². The average molecular weight is 449 g/mol. The molecule has 3 rings (SSSR count). The highest BCUT2D eigenvalue weighted by atomic mass is 35.5. The zero-order valence-corrected chi connectivity index (χ0v) is 20.0. The number of hydrogen-bond donors (Lipinski definition) is 0. The third-order valence-electron chi connectivity index (χ3n) is 6.51. The molecule has 0 saturated carbocycles. The van der Waals surface area contributed by atoms with E-state index in [1.54, 1.807) is 0 Å². The van der Waals surface area contributed by atoms with E-state index in [2.05, 4.69) is 13.8 Å². The fourth-order valence-electron chi connectivity index (χ4n) is 4.73. The fourth-order valence-corrected chi connectivity index (χ4v) is 4.85. The first kappa shape index (κ1) is 23.9. The van der Waals surface area contributed by atoms with Crippen molar-refractivity contribution in [2.75, 3.05) is 32.8 Å². The molecule has 2 amide bonds. The van der Waals surface area contributed by atoms with Crippen LogP contribution in [0.4, 0.5) is 0 Å². The predicted octanol–water partition coefficient (Wildman–Crippen LogP) is 5.08. The number of carbonyl (C=O) groups is 2. The van der Waals surface area contributed by atoms with Gasteiger partial charge in [0.2, 0.25) is 11.8 Å². The number of hydrogen-bond acceptors (Lipinski definition) is 3. The minimum atomic E-state index is -0.354. The van der Waals surface area contributed by atoms with Gasteiger partial charge in [0.25, 0.3) is 0 Å². The lowest BCUT2D eigenvalue weighted by Crippen LogP contribution is -2.51. The van der Waals surface area contributed by atoms with Gasteiger partial charge < -0.3 is 14.5 Å².